The van der Waals surface area contributed by atoms with Gasteiger partial charge in [-0.05, 0) is 18.6 Å². The van der Waals surface area contributed by atoms with Crippen LogP contribution in [0.4, 0.5) is 0 Å². The first-order valence-corrected chi connectivity index (χ1v) is 5.79. The second kappa shape index (κ2) is 4.42. The number of halogens is 2. The summed E-state index contributed by atoms with van der Waals surface area (Å²) in [4.78, 5) is 4.01. The molecule has 2 nitrogen and oxygen atoms in total. The van der Waals surface area contributed by atoms with E-state index in [9.17, 15) is 0 Å². The van der Waals surface area contributed by atoms with Crippen molar-refractivity contribution in [2.45, 2.75) is 26.3 Å². The first-order valence-electron chi connectivity index (χ1n) is 5.03. The maximum absolute atomic E-state index is 6.00. The van der Waals surface area contributed by atoms with Gasteiger partial charge in [0.25, 0.3) is 0 Å². The summed E-state index contributed by atoms with van der Waals surface area (Å²) in [6, 6.07) is 3.84. The number of nitrogens with zero attached hydrogens (tertiary/aromatic N) is 2. The number of aromatic nitrogens is 2. The molecule has 0 saturated heterocycles. The monoisotopic (exact) mass is 242 g/mol. The van der Waals surface area contributed by atoms with Crippen molar-refractivity contribution in [2.75, 3.05) is 0 Å². The van der Waals surface area contributed by atoms with Gasteiger partial charge < -0.3 is 4.57 Å². The molecule has 0 atom stereocenters. The fourth-order valence-corrected chi connectivity index (χ4v) is 2.12. The quantitative estimate of drug-likeness (QED) is 0.740. The van der Waals surface area contributed by atoms with E-state index < -0.39 is 0 Å². The van der Waals surface area contributed by atoms with Crippen LogP contribution in [0.5, 0.6) is 0 Å². The number of pyridine rings is 1. The molecule has 0 aromatic carbocycles. The number of rotatable bonds is 3. The zero-order valence-electron chi connectivity index (χ0n) is 8.50. The predicted molar refractivity (Wildman–Crippen MR) is 64.7 cm³/mol. The molecule has 0 amide bonds. The molecular weight excluding hydrogens is 231 g/mol. The Labute approximate surface area is 98.8 Å². The minimum atomic E-state index is 0.448. The van der Waals surface area contributed by atoms with Crippen molar-refractivity contribution in [3.63, 3.8) is 0 Å². The standard InChI is InChI=1S/C11H12Cl2N2/c1-2-3-5-15-6-4-8-9(15)7-10(12)14-11(8)13/h4,6-7H,2-3,5H2,1H3. The molecule has 0 spiro atoms. The number of hydrogen-bond donors (Lipinski definition) is 0. The fraction of sp³-hybridized carbons (Fsp3) is 0.364. The van der Waals surface area contributed by atoms with Crippen LogP contribution in [-0.4, -0.2) is 9.55 Å². The Bertz CT molecular complexity index is 477. The minimum Gasteiger partial charge on any atom is -0.347 e. The van der Waals surface area contributed by atoms with E-state index in [1.807, 2.05) is 18.3 Å². The molecule has 0 aliphatic carbocycles. The number of unbranched alkanes of at least 4 members (excludes halogenated alkanes) is 1. The molecule has 0 saturated carbocycles. The number of aryl methyl sites for hydroxylation is 1. The third-order valence-corrected chi connectivity index (χ3v) is 2.92. The Balaban J connectivity index is 2.49. The van der Waals surface area contributed by atoms with Crippen molar-refractivity contribution in [2.24, 2.45) is 0 Å². The molecule has 0 N–H and O–H groups in total. The Morgan fingerprint density at radius 2 is 2.20 bits per heavy atom. The summed E-state index contributed by atoms with van der Waals surface area (Å²) in [6.45, 7) is 3.17. The summed E-state index contributed by atoms with van der Waals surface area (Å²) in [7, 11) is 0. The van der Waals surface area contributed by atoms with E-state index in [0.717, 1.165) is 23.9 Å². The van der Waals surface area contributed by atoms with Gasteiger partial charge in [0, 0.05) is 18.1 Å². The smallest absolute Gasteiger partial charge is 0.140 e. The molecule has 80 valence electrons. The van der Waals surface area contributed by atoms with Crippen LogP contribution >= 0.6 is 23.2 Å². The largest absolute Gasteiger partial charge is 0.347 e. The Hall–Kier alpha value is -0.730. The summed E-state index contributed by atoms with van der Waals surface area (Å²) in [5.41, 5.74) is 1.06. The summed E-state index contributed by atoms with van der Waals surface area (Å²) >= 11 is 11.9. The maximum atomic E-state index is 6.00. The van der Waals surface area contributed by atoms with Crippen LogP contribution in [-0.2, 0) is 6.54 Å². The highest BCUT2D eigenvalue weighted by molar-refractivity contribution is 6.36. The third-order valence-electron chi connectivity index (χ3n) is 2.44. The summed E-state index contributed by atoms with van der Waals surface area (Å²) in [5.74, 6) is 0. The van der Waals surface area contributed by atoms with Crippen LogP contribution in [0, 0.1) is 0 Å². The van der Waals surface area contributed by atoms with Crippen LogP contribution in [0.2, 0.25) is 10.3 Å². The van der Waals surface area contributed by atoms with E-state index in [2.05, 4.69) is 16.5 Å². The van der Waals surface area contributed by atoms with E-state index in [1.165, 1.54) is 6.42 Å². The van der Waals surface area contributed by atoms with Gasteiger partial charge in [0.15, 0.2) is 0 Å². The highest BCUT2D eigenvalue weighted by Gasteiger charge is 2.06. The van der Waals surface area contributed by atoms with Crippen molar-refractivity contribution in [1.29, 1.82) is 0 Å². The van der Waals surface area contributed by atoms with E-state index in [-0.39, 0.29) is 0 Å². The molecule has 0 aliphatic heterocycles. The van der Waals surface area contributed by atoms with Gasteiger partial charge in [-0.1, -0.05) is 36.5 Å². The van der Waals surface area contributed by atoms with Gasteiger partial charge in [0.05, 0.1) is 5.52 Å². The predicted octanol–water partition coefficient (Wildman–Crippen LogP) is 4.14. The van der Waals surface area contributed by atoms with Gasteiger partial charge in [-0.2, -0.15) is 0 Å². The number of hydrogen-bond acceptors (Lipinski definition) is 1. The molecule has 0 bridgehead atoms. The third kappa shape index (κ3) is 2.11. The SMILES string of the molecule is CCCCn1ccc2c(Cl)nc(Cl)cc21. The highest BCUT2D eigenvalue weighted by Crippen LogP contribution is 2.25. The summed E-state index contributed by atoms with van der Waals surface area (Å²) in [6.07, 6.45) is 4.36. The second-order valence-electron chi connectivity index (χ2n) is 3.53. The Kier molecular flexibility index (Phi) is 3.17. The highest BCUT2D eigenvalue weighted by atomic mass is 35.5. The fourth-order valence-electron chi connectivity index (χ4n) is 1.64. The lowest BCUT2D eigenvalue weighted by Gasteiger charge is -2.04. The van der Waals surface area contributed by atoms with Crippen molar-refractivity contribution in [3.8, 4) is 0 Å². The van der Waals surface area contributed by atoms with Crippen molar-refractivity contribution in [3.05, 3.63) is 28.6 Å². The normalized spacial score (nSPS) is 11.1. The average Bonchev–Trinajstić information content (AvgIpc) is 2.58. The van der Waals surface area contributed by atoms with Crippen molar-refractivity contribution < 1.29 is 0 Å². The lowest BCUT2D eigenvalue weighted by Crippen LogP contribution is -1.95. The maximum Gasteiger partial charge on any atom is 0.140 e. The first kappa shape index (κ1) is 10.8. The van der Waals surface area contributed by atoms with Crippen LogP contribution in [0.1, 0.15) is 19.8 Å². The van der Waals surface area contributed by atoms with Gasteiger partial charge >= 0.3 is 0 Å². The van der Waals surface area contributed by atoms with E-state index in [4.69, 9.17) is 23.2 Å². The van der Waals surface area contributed by atoms with Gasteiger partial charge in [0.1, 0.15) is 10.3 Å². The molecule has 0 aliphatic rings. The van der Waals surface area contributed by atoms with E-state index in [0.29, 0.717) is 10.3 Å². The average molecular weight is 243 g/mol. The Morgan fingerprint density at radius 3 is 2.93 bits per heavy atom. The molecule has 0 fully saturated rings. The zero-order chi connectivity index (χ0) is 10.8. The second-order valence-corrected chi connectivity index (χ2v) is 4.28. The molecule has 2 heterocycles. The van der Waals surface area contributed by atoms with Crippen LogP contribution < -0.4 is 0 Å². The zero-order valence-corrected chi connectivity index (χ0v) is 10.0. The van der Waals surface area contributed by atoms with Crippen LogP contribution in [0.15, 0.2) is 18.3 Å². The molecular formula is C11H12Cl2N2. The minimum absolute atomic E-state index is 0.448. The lowest BCUT2D eigenvalue weighted by atomic mass is 10.3. The molecule has 2 aromatic rings. The first-order chi connectivity index (χ1) is 7.22. The molecule has 15 heavy (non-hydrogen) atoms. The van der Waals surface area contributed by atoms with Gasteiger partial charge in [-0.15, -0.1) is 0 Å². The van der Waals surface area contributed by atoms with Crippen molar-refractivity contribution >= 4 is 34.1 Å². The molecule has 2 rings (SSSR count). The molecule has 0 unspecified atom stereocenters. The van der Waals surface area contributed by atoms with Gasteiger partial charge in [0.2, 0.25) is 0 Å². The summed E-state index contributed by atoms with van der Waals surface area (Å²) in [5, 5.41) is 1.90. The lowest BCUT2D eigenvalue weighted by molar-refractivity contribution is 0.650. The number of fused-ring (bicyclic) bond motifs is 1. The summed E-state index contributed by atoms with van der Waals surface area (Å²) < 4.78 is 2.16. The van der Waals surface area contributed by atoms with E-state index in [1.54, 1.807) is 0 Å². The molecule has 4 heteroatoms. The van der Waals surface area contributed by atoms with Crippen LogP contribution in [0.3, 0.4) is 0 Å². The Morgan fingerprint density at radius 1 is 1.40 bits per heavy atom. The topological polar surface area (TPSA) is 17.8 Å². The molecule has 0 radical (unpaired) electrons. The van der Waals surface area contributed by atoms with Gasteiger partial charge in [-0.3, -0.25) is 0 Å². The van der Waals surface area contributed by atoms with Gasteiger partial charge in [-0.25, -0.2) is 4.98 Å². The van der Waals surface area contributed by atoms with Crippen LogP contribution in [0.25, 0.3) is 10.9 Å². The van der Waals surface area contributed by atoms with Crippen molar-refractivity contribution in [1.82, 2.24) is 9.55 Å². The molecule has 2 aromatic heterocycles. The van der Waals surface area contributed by atoms with E-state index >= 15 is 0 Å².